The Labute approximate surface area is 174 Å². The number of hydrogen-bond acceptors (Lipinski definition) is 4. The Morgan fingerprint density at radius 3 is 2.73 bits per heavy atom. The highest BCUT2D eigenvalue weighted by atomic mass is 16.5. The fourth-order valence-electron chi connectivity index (χ4n) is 3.61. The van der Waals surface area contributed by atoms with E-state index in [0.29, 0.717) is 17.9 Å². The predicted molar refractivity (Wildman–Crippen MR) is 116 cm³/mol. The van der Waals surface area contributed by atoms with Crippen LogP contribution >= 0.6 is 0 Å². The summed E-state index contributed by atoms with van der Waals surface area (Å²) in [7, 11) is 0. The molecule has 0 saturated heterocycles. The van der Waals surface area contributed by atoms with E-state index in [2.05, 4.69) is 12.1 Å². The summed E-state index contributed by atoms with van der Waals surface area (Å²) in [6, 6.07) is 21.4. The lowest BCUT2D eigenvalue weighted by molar-refractivity contribution is -0.136. The fourth-order valence-corrected chi connectivity index (χ4v) is 3.61. The summed E-state index contributed by atoms with van der Waals surface area (Å²) in [4.78, 5) is 11.2. The van der Waals surface area contributed by atoms with Crippen molar-refractivity contribution in [2.75, 3.05) is 0 Å². The number of para-hydroxylation sites is 1. The zero-order valence-corrected chi connectivity index (χ0v) is 16.7. The largest absolute Gasteiger partial charge is 0.486 e. The summed E-state index contributed by atoms with van der Waals surface area (Å²) in [5, 5.41) is 10.1. The number of nitrogens with two attached hydrogens (primary N) is 1. The van der Waals surface area contributed by atoms with Crippen LogP contribution in [0.5, 0.6) is 5.75 Å². The normalized spacial score (nSPS) is 12.1. The van der Waals surface area contributed by atoms with Crippen LogP contribution in [0, 0.1) is 0 Å². The number of hydrogen-bond donors (Lipinski definition) is 2. The average Bonchev–Trinajstić information content (AvgIpc) is 3.23. The van der Waals surface area contributed by atoms with Crippen LogP contribution in [0.4, 0.5) is 0 Å². The van der Waals surface area contributed by atoms with Gasteiger partial charge in [-0.1, -0.05) is 36.4 Å². The number of benzene rings is 3. The van der Waals surface area contributed by atoms with Gasteiger partial charge in [0.25, 0.3) is 0 Å². The number of fused-ring (bicyclic) bond motifs is 1. The Morgan fingerprint density at radius 1 is 1.10 bits per heavy atom. The van der Waals surface area contributed by atoms with E-state index in [9.17, 15) is 4.79 Å². The zero-order chi connectivity index (χ0) is 21.1. The maximum Gasteiger partial charge on any atom is 0.307 e. The van der Waals surface area contributed by atoms with Crippen molar-refractivity contribution in [3.05, 3.63) is 89.7 Å². The second kappa shape index (κ2) is 8.43. The van der Waals surface area contributed by atoms with Crippen molar-refractivity contribution in [1.29, 1.82) is 0 Å². The molecular formula is C25H23NO4. The molecule has 0 saturated carbocycles. The third kappa shape index (κ3) is 4.07. The minimum atomic E-state index is -0.888. The second-order valence-electron chi connectivity index (χ2n) is 7.25. The fraction of sp³-hybridized carbons (Fsp3) is 0.160. The topological polar surface area (TPSA) is 85.7 Å². The van der Waals surface area contributed by atoms with E-state index in [1.54, 1.807) is 18.4 Å². The van der Waals surface area contributed by atoms with E-state index < -0.39 is 5.97 Å². The van der Waals surface area contributed by atoms with Crippen LogP contribution in [-0.4, -0.2) is 11.1 Å². The van der Waals surface area contributed by atoms with E-state index in [-0.39, 0.29) is 12.5 Å². The first-order valence-corrected chi connectivity index (χ1v) is 9.82. The monoisotopic (exact) mass is 401 g/mol. The highest BCUT2D eigenvalue weighted by molar-refractivity contribution is 5.93. The summed E-state index contributed by atoms with van der Waals surface area (Å²) in [5.41, 5.74) is 11.3. The molecule has 0 spiro atoms. The van der Waals surface area contributed by atoms with Gasteiger partial charge in [0, 0.05) is 23.1 Å². The Balaban J connectivity index is 1.72. The third-order valence-electron chi connectivity index (χ3n) is 5.13. The molecule has 5 heteroatoms. The first-order chi connectivity index (χ1) is 14.5. The summed E-state index contributed by atoms with van der Waals surface area (Å²) in [6.45, 7) is 2.42. The molecule has 1 unspecified atom stereocenters. The highest BCUT2D eigenvalue weighted by Gasteiger charge is 2.16. The smallest absolute Gasteiger partial charge is 0.307 e. The van der Waals surface area contributed by atoms with Gasteiger partial charge in [-0.3, -0.25) is 4.79 Å². The number of carbonyl (C=O) groups is 1. The van der Waals surface area contributed by atoms with E-state index in [4.69, 9.17) is 20.0 Å². The quantitative estimate of drug-likeness (QED) is 0.437. The average molecular weight is 401 g/mol. The lowest BCUT2D eigenvalue weighted by atomic mass is 9.97. The number of rotatable bonds is 7. The van der Waals surface area contributed by atoms with Crippen molar-refractivity contribution in [2.24, 2.45) is 5.73 Å². The first-order valence-electron chi connectivity index (χ1n) is 9.82. The molecule has 1 atom stereocenters. The van der Waals surface area contributed by atoms with Crippen molar-refractivity contribution in [3.8, 4) is 16.9 Å². The van der Waals surface area contributed by atoms with Crippen LogP contribution in [0.15, 0.2) is 77.4 Å². The summed E-state index contributed by atoms with van der Waals surface area (Å²) in [6.07, 6.45) is 1.31. The van der Waals surface area contributed by atoms with Gasteiger partial charge in [-0.15, -0.1) is 0 Å². The zero-order valence-electron chi connectivity index (χ0n) is 16.7. The number of carboxylic acid groups (broad SMARTS) is 1. The van der Waals surface area contributed by atoms with Crippen LogP contribution < -0.4 is 10.5 Å². The molecule has 0 bridgehead atoms. The molecule has 1 heterocycles. The molecule has 0 fully saturated rings. The third-order valence-corrected chi connectivity index (χ3v) is 5.13. The van der Waals surface area contributed by atoms with Crippen LogP contribution in [0.3, 0.4) is 0 Å². The van der Waals surface area contributed by atoms with E-state index >= 15 is 0 Å². The molecule has 5 nitrogen and oxygen atoms in total. The second-order valence-corrected chi connectivity index (χ2v) is 7.25. The number of aliphatic carboxylic acids is 1. The van der Waals surface area contributed by atoms with Gasteiger partial charge >= 0.3 is 5.97 Å². The Kier molecular flexibility index (Phi) is 5.55. The van der Waals surface area contributed by atoms with Gasteiger partial charge in [-0.05, 0) is 53.9 Å². The molecule has 3 N–H and O–H groups in total. The van der Waals surface area contributed by atoms with E-state index in [1.165, 1.54) is 0 Å². The molecule has 0 aliphatic carbocycles. The summed E-state index contributed by atoms with van der Waals surface area (Å²) >= 11 is 0. The van der Waals surface area contributed by atoms with Crippen molar-refractivity contribution in [1.82, 2.24) is 0 Å². The van der Waals surface area contributed by atoms with Gasteiger partial charge in [0.1, 0.15) is 17.4 Å². The molecule has 30 heavy (non-hydrogen) atoms. The lowest BCUT2D eigenvalue weighted by Gasteiger charge is -2.18. The summed E-state index contributed by atoms with van der Waals surface area (Å²) in [5.74, 6) is -0.313. The van der Waals surface area contributed by atoms with E-state index in [0.717, 1.165) is 33.2 Å². The van der Waals surface area contributed by atoms with Crippen LogP contribution in [0.25, 0.3) is 22.1 Å². The molecule has 0 radical (unpaired) electrons. The number of furan rings is 1. The molecule has 0 aliphatic heterocycles. The number of carboxylic acids is 1. The molecule has 3 aromatic carbocycles. The standard InChI is InChI=1S/C25H23NO4/c1-16(30-23-8-3-2-6-19(23)14-24(27)28)21-12-20-9-10-29-25(20)22(13-21)18-7-4-5-17(11-18)15-26/h2-13,16H,14-15,26H2,1H3,(H,27,28). The highest BCUT2D eigenvalue weighted by Crippen LogP contribution is 2.35. The Morgan fingerprint density at radius 2 is 1.93 bits per heavy atom. The van der Waals surface area contributed by atoms with Gasteiger partial charge < -0.3 is 20.0 Å². The minimum Gasteiger partial charge on any atom is -0.486 e. The minimum absolute atomic E-state index is 0.0825. The van der Waals surface area contributed by atoms with Crippen LogP contribution in [-0.2, 0) is 17.8 Å². The Hall–Kier alpha value is -3.57. The lowest BCUT2D eigenvalue weighted by Crippen LogP contribution is -2.07. The van der Waals surface area contributed by atoms with Crippen LogP contribution in [0.2, 0.25) is 0 Å². The molecule has 4 aromatic rings. The molecular weight excluding hydrogens is 378 g/mol. The SMILES string of the molecule is CC(Oc1ccccc1CC(=O)O)c1cc(-c2cccc(CN)c2)c2occc2c1. The maximum atomic E-state index is 11.2. The first kappa shape index (κ1) is 19.7. The maximum absolute atomic E-state index is 11.2. The van der Waals surface area contributed by atoms with Crippen LogP contribution in [0.1, 0.15) is 29.7 Å². The van der Waals surface area contributed by atoms with Gasteiger partial charge in [-0.25, -0.2) is 0 Å². The van der Waals surface area contributed by atoms with Crippen molar-refractivity contribution in [2.45, 2.75) is 26.0 Å². The van der Waals surface area contributed by atoms with Crippen molar-refractivity contribution < 1.29 is 19.1 Å². The van der Waals surface area contributed by atoms with Crippen molar-refractivity contribution in [3.63, 3.8) is 0 Å². The molecule has 0 amide bonds. The van der Waals surface area contributed by atoms with Gasteiger partial charge in [-0.2, -0.15) is 0 Å². The van der Waals surface area contributed by atoms with Gasteiger partial charge in [0.05, 0.1) is 12.7 Å². The molecule has 1 aromatic heterocycles. The summed E-state index contributed by atoms with van der Waals surface area (Å²) < 4.78 is 11.9. The van der Waals surface area contributed by atoms with Crippen molar-refractivity contribution >= 4 is 16.9 Å². The predicted octanol–water partition coefficient (Wildman–Crippen LogP) is 5.33. The molecule has 0 aliphatic rings. The molecule has 152 valence electrons. The Bertz CT molecular complexity index is 1190. The number of ether oxygens (including phenoxy) is 1. The van der Waals surface area contributed by atoms with Gasteiger partial charge in [0.2, 0.25) is 0 Å². The van der Waals surface area contributed by atoms with Gasteiger partial charge in [0.15, 0.2) is 0 Å². The van der Waals surface area contributed by atoms with E-state index in [1.807, 2.05) is 49.4 Å². The molecule has 4 rings (SSSR count).